The van der Waals surface area contributed by atoms with Crippen molar-refractivity contribution in [3.8, 4) is 0 Å². The van der Waals surface area contributed by atoms with E-state index in [1.165, 1.54) is 18.5 Å². The van der Waals surface area contributed by atoms with Crippen molar-refractivity contribution in [2.24, 2.45) is 0 Å². The van der Waals surface area contributed by atoms with Gasteiger partial charge in [-0.25, -0.2) is 4.98 Å². The molecule has 20 heavy (non-hydrogen) atoms. The van der Waals surface area contributed by atoms with E-state index in [4.69, 9.17) is 4.98 Å². The fourth-order valence-corrected chi connectivity index (χ4v) is 3.03. The summed E-state index contributed by atoms with van der Waals surface area (Å²) in [6, 6.07) is 0. The Balaban J connectivity index is 1.87. The van der Waals surface area contributed by atoms with Crippen LogP contribution >= 0.6 is 0 Å². The summed E-state index contributed by atoms with van der Waals surface area (Å²) in [5.41, 5.74) is 2.44. The third kappa shape index (κ3) is 2.46. The van der Waals surface area contributed by atoms with Crippen LogP contribution in [0.3, 0.4) is 0 Å². The number of imidazole rings is 1. The lowest BCUT2D eigenvalue weighted by atomic mass is 10.2. The van der Waals surface area contributed by atoms with Gasteiger partial charge in [-0.15, -0.1) is 0 Å². The van der Waals surface area contributed by atoms with E-state index in [1.807, 2.05) is 18.7 Å². The first kappa shape index (κ1) is 13.6. The number of nitrogens with one attached hydrogen (secondary N) is 1. The first-order valence-electron chi connectivity index (χ1n) is 7.81. The fourth-order valence-electron chi connectivity index (χ4n) is 3.03. The Bertz CT molecular complexity index is 500. The van der Waals surface area contributed by atoms with Crippen molar-refractivity contribution in [2.45, 2.75) is 52.1 Å². The number of hydrogen-bond donors (Lipinski definition) is 1. The number of carbonyl (C=O) groups is 1. The van der Waals surface area contributed by atoms with E-state index in [1.54, 1.807) is 0 Å². The molecule has 1 aliphatic carbocycles. The predicted molar refractivity (Wildman–Crippen MR) is 77.5 cm³/mol. The molecule has 1 fully saturated rings. The summed E-state index contributed by atoms with van der Waals surface area (Å²) in [6.07, 6.45) is 3.44. The lowest BCUT2D eigenvalue weighted by Crippen LogP contribution is -2.34. The van der Waals surface area contributed by atoms with Gasteiger partial charge in [0, 0.05) is 44.2 Å². The monoisotopic (exact) mass is 276 g/mol. The van der Waals surface area contributed by atoms with Gasteiger partial charge in [0.05, 0.1) is 5.69 Å². The molecule has 2 aliphatic rings. The van der Waals surface area contributed by atoms with Crippen LogP contribution in [0.4, 0.5) is 0 Å². The second kappa shape index (κ2) is 5.56. The Hall–Kier alpha value is -1.36. The molecule has 5 nitrogen and oxygen atoms in total. The van der Waals surface area contributed by atoms with E-state index < -0.39 is 0 Å². The van der Waals surface area contributed by atoms with Crippen LogP contribution in [0.25, 0.3) is 0 Å². The van der Waals surface area contributed by atoms with E-state index in [2.05, 4.69) is 9.88 Å². The van der Waals surface area contributed by atoms with Crippen molar-refractivity contribution in [2.75, 3.05) is 19.6 Å². The smallest absolute Gasteiger partial charge is 0.242 e. The number of aromatic nitrogens is 2. The molecule has 0 bridgehead atoms. The quantitative estimate of drug-likeness (QED) is 0.881. The highest BCUT2D eigenvalue weighted by molar-refractivity contribution is 5.76. The second-order valence-corrected chi connectivity index (χ2v) is 5.72. The summed E-state index contributed by atoms with van der Waals surface area (Å²) in [6.45, 7) is 7.95. The molecule has 1 saturated carbocycles. The Morgan fingerprint density at radius 3 is 2.80 bits per heavy atom. The van der Waals surface area contributed by atoms with Crippen LogP contribution in [0.1, 0.15) is 49.8 Å². The molecule has 0 radical (unpaired) electrons. The standard InChI is InChI=1S/C15H24N4O/c1-3-18(4-2)14(20)10-19-13-7-8-16-9-12(13)17-15(19)11-5-6-11/h11,16H,3-10H2,1-2H3. The highest BCUT2D eigenvalue weighted by Crippen LogP contribution is 2.40. The summed E-state index contributed by atoms with van der Waals surface area (Å²) in [5, 5.41) is 3.37. The molecule has 0 spiro atoms. The maximum atomic E-state index is 12.4. The van der Waals surface area contributed by atoms with Gasteiger partial charge in [0.15, 0.2) is 0 Å². The first-order valence-corrected chi connectivity index (χ1v) is 7.81. The van der Waals surface area contributed by atoms with Gasteiger partial charge in [0.2, 0.25) is 5.91 Å². The maximum absolute atomic E-state index is 12.4. The summed E-state index contributed by atoms with van der Waals surface area (Å²) in [7, 11) is 0. The molecular formula is C15H24N4O. The predicted octanol–water partition coefficient (Wildman–Crippen LogP) is 1.27. The molecule has 2 heterocycles. The minimum atomic E-state index is 0.218. The number of hydrogen-bond acceptors (Lipinski definition) is 3. The third-order valence-corrected chi connectivity index (χ3v) is 4.37. The van der Waals surface area contributed by atoms with Gasteiger partial charge in [-0.2, -0.15) is 0 Å². The Labute approximate surface area is 120 Å². The summed E-state index contributed by atoms with van der Waals surface area (Å²) in [5.74, 6) is 1.96. The molecule has 1 N–H and O–H groups in total. The first-order chi connectivity index (χ1) is 9.74. The van der Waals surface area contributed by atoms with Crippen molar-refractivity contribution in [3.63, 3.8) is 0 Å². The summed E-state index contributed by atoms with van der Waals surface area (Å²) < 4.78 is 2.22. The molecule has 5 heteroatoms. The van der Waals surface area contributed by atoms with Crippen molar-refractivity contribution >= 4 is 5.91 Å². The number of rotatable bonds is 5. The normalized spacial score (nSPS) is 17.9. The van der Waals surface area contributed by atoms with Gasteiger partial charge < -0.3 is 14.8 Å². The highest BCUT2D eigenvalue weighted by atomic mass is 16.2. The van der Waals surface area contributed by atoms with Crippen LogP contribution in [0.5, 0.6) is 0 Å². The molecule has 110 valence electrons. The van der Waals surface area contributed by atoms with Gasteiger partial charge >= 0.3 is 0 Å². The highest BCUT2D eigenvalue weighted by Gasteiger charge is 2.32. The number of fused-ring (bicyclic) bond motifs is 1. The third-order valence-electron chi connectivity index (χ3n) is 4.37. The molecule has 3 rings (SSSR count). The number of carbonyl (C=O) groups excluding carboxylic acids is 1. The average molecular weight is 276 g/mol. The molecule has 0 aromatic carbocycles. The van der Waals surface area contributed by atoms with E-state index >= 15 is 0 Å². The van der Waals surface area contributed by atoms with Gasteiger partial charge in [-0.3, -0.25) is 4.79 Å². The van der Waals surface area contributed by atoms with Gasteiger partial charge in [-0.1, -0.05) is 0 Å². The Morgan fingerprint density at radius 1 is 1.40 bits per heavy atom. The Morgan fingerprint density at radius 2 is 2.15 bits per heavy atom. The van der Waals surface area contributed by atoms with Crippen molar-refractivity contribution in [1.29, 1.82) is 0 Å². The fraction of sp³-hybridized carbons (Fsp3) is 0.733. The van der Waals surface area contributed by atoms with Crippen LogP contribution in [0, 0.1) is 0 Å². The van der Waals surface area contributed by atoms with Crippen LogP contribution in [-0.4, -0.2) is 40.0 Å². The average Bonchev–Trinajstić information content (AvgIpc) is 3.24. The SMILES string of the molecule is CCN(CC)C(=O)Cn1c(C2CC2)nc2c1CCNC2. The molecule has 0 atom stereocenters. The lowest BCUT2D eigenvalue weighted by Gasteiger charge is -2.21. The zero-order valence-corrected chi connectivity index (χ0v) is 12.5. The van der Waals surface area contributed by atoms with Crippen molar-refractivity contribution in [3.05, 3.63) is 17.2 Å². The number of amides is 1. The molecule has 1 aliphatic heterocycles. The summed E-state index contributed by atoms with van der Waals surface area (Å²) >= 11 is 0. The molecular weight excluding hydrogens is 252 g/mol. The van der Waals surface area contributed by atoms with Gasteiger partial charge in [0.1, 0.15) is 12.4 Å². The van der Waals surface area contributed by atoms with Crippen LogP contribution in [0.15, 0.2) is 0 Å². The van der Waals surface area contributed by atoms with E-state index in [-0.39, 0.29) is 5.91 Å². The maximum Gasteiger partial charge on any atom is 0.242 e. The zero-order chi connectivity index (χ0) is 14.1. The minimum absolute atomic E-state index is 0.218. The van der Waals surface area contributed by atoms with Crippen molar-refractivity contribution in [1.82, 2.24) is 19.8 Å². The van der Waals surface area contributed by atoms with Gasteiger partial charge in [0.25, 0.3) is 0 Å². The van der Waals surface area contributed by atoms with E-state index in [0.717, 1.165) is 44.1 Å². The lowest BCUT2D eigenvalue weighted by molar-refractivity contribution is -0.131. The molecule has 1 amide bonds. The van der Waals surface area contributed by atoms with Crippen LogP contribution in [-0.2, 0) is 24.3 Å². The molecule has 1 aromatic rings. The largest absolute Gasteiger partial charge is 0.342 e. The topological polar surface area (TPSA) is 50.2 Å². The van der Waals surface area contributed by atoms with E-state index in [0.29, 0.717) is 12.5 Å². The van der Waals surface area contributed by atoms with Crippen LogP contribution < -0.4 is 5.32 Å². The summed E-state index contributed by atoms with van der Waals surface area (Å²) in [4.78, 5) is 19.1. The zero-order valence-electron chi connectivity index (χ0n) is 12.5. The van der Waals surface area contributed by atoms with Gasteiger partial charge in [-0.05, 0) is 26.7 Å². The van der Waals surface area contributed by atoms with Crippen LogP contribution in [0.2, 0.25) is 0 Å². The number of nitrogens with zero attached hydrogens (tertiary/aromatic N) is 3. The molecule has 0 saturated heterocycles. The second-order valence-electron chi connectivity index (χ2n) is 5.72. The van der Waals surface area contributed by atoms with Crippen molar-refractivity contribution < 1.29 is 4.79 Å². The minimum Gasteiger partial charge on any atom is -0.342 e. The Kier molecular flexibility index (Phi) is 3.78. The molecule has 0 unspecified atom stereocenters. The number of likely N-dealkylation sites (N-methyl/N-ethyl adjacent to an activating group) is 1. The molecule has 1 aromatic heterocycles. The van der Waals surface area contributed by atoms with E-state index in [9.17, 15) is 4.79 Å².